The number of fused-ring (bicyclic) bond motifs is 3. The summed E-state index contributed by atoms with van der Waals surface area (Å²) in [4.78, 5) is 16.2. The zero-order chi connectivity index (χ0) is 11.3. The maximum absolute atomic E-state index is 12.1. The third-order valence-electron chi connectivity index (χ3n) is 2.59. The Hall–Kier alpha value is -1.38. The van der Waals surface area contributed by atoms with E-state index in [9.17, 15) is 4.79 Å². The first-order valence-corrected chi connectivity index (χ1v) is 5.43. The van der Waals surface area contributed by atoms with Crippen LogP contribution in [-0.2, 0) is 0 Å². The van der Waals surface area contributed by atoms with Crippen LogP contribution in [-0.4, -0.2) is 10.8 Å². The predicted molar refractivity (Wildman–Crippen MR) is 63.1 cm³/mol. The summed E-state index contributed by atoms with van der Waals surface area (Å²) >= 11 is 11.9. The molecule has 2 nitrogen and oxygen atoms in total. The number of carbonyl (C=O) groups is 1. The van der Waals surface area contributed by atoms with Crippen LogP contribution in [0.5, 0.6) is 0 Å². The highest BCUT2D eigenvalue weighted by atomic mass is 35.5. The number of halogens is 2. The van der Waals surface area contributed by atoms with Crippen molar-refractivity contribution in [1.82, 2.24) is 4.98 Å². The lowest BCUT2D eigenvalue weighted by Gasteiger charge is -2.01. The molecule has 0 aliphatic heterocycles. The van der Waals surface area contributed by atoms with Crippen LogP contribution < -0.4 is 0 Å². The summed E-state index contributed by atoms with van der Waals surface area (Å²) in [5.74, 6) is -0.0835. The van der Waals surface area contributed by atoms with Crippen LogP contribution in [0, 0.1) is 0 Å². The molecule has 0 saturated carbocycles. The van der Waals surface area contributed by atoms with Gasteiger partial charge in [-0.1, -0.05) is 23.2 Å². The van der Waals surface area contributed by atoms with Crippen molar-refractivity contribution in [1.29, 1.82) is 0 Å². The van der Waals surface area contributed by atoms with Crippen LogP contribution in [0.25, 0.3) is 11.3 Å². The highest BCUT2D eigenvalue weighted by molar-refractivity contribution is 6.40. The molecular formula is C12H5Cl2NO. The van der Waals surface area contributed by atoms with Gasteiger partial charge in [0, 0.05) is 22.3 Å². The molecule has 0 fully saturated rings. The first kappa shape index (κ1) is 9.82. The molecule has 4 heteroatoms. The van der Waals surface area contributed by atoms with Gasteiger partial charge in [-0.15, -0.1) is 0 Å². The second kappa shape index (κ2) is 3.30. The lowest BCUT2D eigenvalue weighted by atomic mass is 10.1. The molecule has 16 heavy (non-hydrogen) atoms. The highest BCUT2D eigenvalue weighted by Crippen LogP contribution is 2.40. The van der Waals surface area contributed by atoms with Crippen LogP contribution in [0.2, 0.25) is 10.0 Å². The topological polar surface area (TPSA) is 30.0 Å². The first-order valence-electron chi connectivity index (χ1n) is 4.67. The third kappa shape index (κ3) is 1.20. The number of carbonyl (C=O) groups excluding carboxylic acids is 1. The number of aromatic nitrogens is 1. The van der Waals surface area contributed by atoms with E-state index in [1.807, 2.05) is 0 Å². The van der Waals surface area contributed by atoms with Gasteiger partial charge in [-0.3, -0.25) is 9.78 Å². The van der Waals surface area contributed by atoms with E-state index in [2.05, 4.69) is 4.98 Å². The minimum atomic E-state index is -0.0835. The van der Waals surface area contributed by atoms with Crippen molar-refractivity contribution in [3.05, 3.63) is 51.6 Å². The Balaban J connectivity index is 2.42. The van der Waals surface area contributed by atoms with Crippen LogP contribution in [0.15, 0.2) is 30.5 Å². The van der Waals surface area contributed by atoms with E-state index in [4.69, 9.17) is 23.2 Å². The average Bonchev–Trinajstić information content (AvgIpc) is 2.54. The van der Waals surface area contributed by atoms with E-state index in [1.165, 1.54) is 0 Å². The van der Waals surface area contributed by atoms with Crippen molar-refractivity contribution >= 4 is 29.0 Å². The fourth-order valence-corrected chi connectivity index (χ4v) is 2.51. The molecule has 0 radical (unpaired) electrons. The monoisotopic (exact) mass is 249 g/mol. The van der Waals surface area contributed by atoms with Crippen molar-refractivity contribution in [2.45, 2.75) is 0 Å². The summed E-state index contributed by atoms with van der Waals surface area (Å²) < 4.78 is 0. The molecule has 0 atom stereocenters. The maximum atomic E-state index is 12.1. The molecule has 1 aliphatic rings. The maximum Gasteiger partial charge on any atom is 0.197 e. The lowest BCUT2D eigenvalue weighted by Crippen LogP contribution is -1.95. The second-order valence-electron chi connectivity index (χ2n) is 3.54. The molecule has 1 heterocycles. The molecule has 0 N–H and O–H groups in total. The number of pyridine rings is 1. The molecule has 78 valence electrons. The smallest absolute Gasteiger partial charge is 0.197 e. The van der Waals surface area contributed by atoms with Gasteiger partial charge in [-0.05, 0) is 24.3 Å². The number of rotatable bonds is 0. The van der Waals surface area contributed by atoms with Crippen molar-refractivity contribution in [2.75, 3.05) is 0 Å². The van der Waals surface area contributed by atoms with Gasteiger partial charge in [0.15, 0.2) is 5.78 Å². The summed E-state index contributed by atoms with van der Waals surface area (Å²) in [7, 11) is 0. The van der Waals surface area contributed by atoms with Crippen LogP contribution in [0.3, 0.4) is 0 Å². The number of hydrogen-bond acceptors (Lipinski definition) is 2. The first-order chi connectivity index (χ1) is 7.68. The zero-order valence-electron chi connectivity index (χ0n) is 8.00. The van der Waals surface area contributed by atoms with Gasteiger partial charge in [0.1, 0.15) is 0 Å². The van der Waals surface area contributed by atoms with Crippen molar-refractivity contribution in [2.24, 2.45) is 0 Å². The Morgan fingerprint density at radius 2 is 1.94 bits per heavy atom. The zero-order valence-corrected chi connectivity index (χ0v) is 9.51. The SMILES string of the molecule is O=C1c2cccnc2-c2cc(Cl)cc(Cl)c21. The lowest BCUT2D eigenvalue weighted by molar-refractivity contribution is 0.104. The molecule has 0 bridgehead atoms. The highest BCUT2D eigenvalue weighted by Gasteiger charge is 2.30. The summed E-state index contributed by atoms with van der Waals surface area (Å²) in [6.45, 7) is 0. The largest absolute Gasteiger partial charge is 0.288 e. The molecule has 1 aromatic heterocycles. The Morgan fingerprint density at radius 3 is 2.75 bits per heavy atom. The molecule has 1 aliphatic carbocycles. The van der Waals surface area contributed by atoms with Crippen LogP contribution in [0.4, 0.5) is 0 Å². The number of hydrogen-bond donors (Lipinski definition) is 0. The Morgan fingerprint density at radius 1 is 1.12 bits per heavy atom. The van der Waals surface area contributed by atoms with E-state index in [1.54, 1.807) is 30.5 Å². The third-order valence-corrected chi connectivity index (χ3v) is 3.11. The van der Waals surface area contributed by atoms with E-state index >= 15 is 0 Å². The predicted octanol–water partition coefficient (Wildman–Crippen LogP) is 3.60. The number of nitrogens with zero attached hydrogens (tertiary/aromatic N) is 1. The Kier molecular flexibility index (Phi) is 2.03. The molecule has 2 aromatic rings. The summed E-state index contributed by atoms with van der Waals surface area (Å²) in [6.07, 6.45) is 1.65. The van der Waals surface area contributed by atoms with Crippen LogP contribution in [0.1, 0.15) is 15.9 Å². The Bertz CT molecular complexity index is 622. The molecule has 3 rings (SSSR count). The molecule has 0 unspecified atom stereocenters. The van der Waals surface area contributed by atoms with Gasteiger partial charge < -0.3 is 0 Å². The summed E-state index contributed by atoms with van der Waals surface area (Å²) in [5.41, 5.74) is 2.46. The quantitative estimate of drug-likeness (QED) is 0.610. The van der Waals surface area contributed by atoms with Crippen molar-refractivity contribution in [3.8, 4) is 11.3 Å². The number of benzene rings is 1. The van der Waals surface area contributed by atoms with E-state index in [0.29, 0.717) is 26.9 Å². The average molecular weight is 250 g/mol. The van der Waals surface area contributed by atoms with E-state index < -0.39 is 0 Å². The fourth-order valence-electron chi connectivity index (χ4n) is 1.93. The molecule has 0 saturated heterocycles. The minimum absolute atomic E-state index is 0.0835. The van der Waals surface area contributed by atoms with E-state index in [0.717, 1.165) is 5.56 Å². The summed E-state index contributed by atoms with van der Waals surface area (Å²) in [6, 6.07) is 6.78. The van der Waals surface area contributed by atoms with Gasteiger partial charge in [0.2, 0.25) is 0 Å². The standard InChI is InChI=1S/C12H5Cl2NO/c13-6-4-8-10(9(14)5-6)12(16)7-2-1-3-15-11(7)8/h1-5H. The second-order valence-corrected chi connectivity index (χ2v) is 4.38. The molecule has 0 spiro atoms. The Labute approximate surface area is 102 Å². The van der Waals surface area contributed by atoms with Gasteiger partial charge in [-0.2, -0.15) is 0 Å². The normalized spacial score (nSPS) is 12.5. The fraction of sp³-hybridized carbons (Fsp3) is 0. The van der Waals surface area contributed by atoms with E-state index in [-0.39, 0.29) is 5.78 Å². The van der Waals surface area contributed by atoms with Crippen LogP contribution >= 0.6 is 23.2 Å². The van der Waals surface area contributed by atoms with Crippen molar-refractivity contribution < 1.29 is 4.79 Å². The van der Waals surface area contributed by atoms with Gasteiger partial charge in [0.05, 0.1) is 16.3 Å². The van der Waals surface area contributed by atoms with Gasteiger partial charge >= 0.3 is 0 Å². The van der Waals surface area contributed by atoms with Gasteiger partial charge in [-0.25, -0.2) is 0 Å². The van der Waals surface area contributed by atoms with Gasteiger partial charge in [0.25, 0.3) is 0 Å². The summed E-state index contributed by atoms with van der Waals surface area (Å²) in [5, 5.41) is 0.889. The molecule has 0 amide bonds. The minimum Gasteiger partial charge on any atom is -0.288 e. The number of ketones is 1. The molecule has 1 aromatic carbocycles. The molecular weight excluding hydrogens is 245 g/mol. The van der Waals surface area contributed by atoms with Crippen molar-refractivity contribution in [3.63, 3.8) is 0 Å².